The van der Waals surface area contributed by atoms with E-state index in [0.717, 1.165) is 0 Å². The van der Waals surface area contributed by atoms with E-state index in [1.165, 1.54) is 23.5 Å². The maximum absolute atomic E-state index is 12.6. The van der Waals surface area contributed by atoms with E-state index < -0.39 is 21.9 Å². The smallest absolute Gasteiger partial charge is 0.307 e. The molecule has 1 atom stereocenters. The minimum Gasteiger partial charge on any atom is -0.496 e. The van der Waals surface area contributed by atoms with Gasteiger partial charge in [-0.3, -0.25) is 4.79 Å². The number of carbonyl (C=O) groups is 1. The van der Waals surface area contributed by atoms with Gasteiger partial charge in [-0.15, -0.1) is 0 Å². The van der Waals surface area contributed by atoms with E-state index >= 15 is 0 Å². The second-order valence-corrected chi connectivity index (χ2v) is 7.63. The lowest BCUT2D eigenvalue weighted by atomic mass is 10.0. The normalized spacial score (nSPS) is 20.2. The Balaban J connectivity index is 2.29. The summed E-state index contributed by atoms with van der Waals surface area (Å²) >= 11 is 3.26. The molecule has 1 saturated heterocycles. The van der Waals surface area contributed by atoms with Crippen molar-refractivity contribution in [3.8, 4) is 5.75 Å². The summed E-state index contributed by atoms with van der Waals surface area (Å²) in [6, 6.07) is 4.50. The number of nitrogens with zero attached hydrogens (tertiary/aromatic N) is 1. The highest BCUT2D eigenvalue weighted by molar-refractivity contribution is 9.10. The molecule has 1 aromatic carbocycles. The highest BCUT2D eigenvalue weighted by atomic mass is 79.9. The number of hydrogen-bond donors (Lipinski definition) is 1. The van der Waals surface area contributed by atoms with Crippen molar-refractivity contribution in [1.82, 2.24) is 4.31 Å². The molecule has 1 N–H and O–H groups in total. The fourth-order valence-electron chi connectivity index (χ4n) is 2.32. The molecule has 1 aliphatic rings. The van der Waals surface area contributed by atoms with Crippen molar-refractivity contribution in [2.45, 2.75) is 17.7 Å². The summed E-state index contributed by atoms with van der Waals surface area (Å²) in [6.07, 6.45) is 1.06. The lowest BCUT2D eigenvalue weighted by molar-refractivity contribution is -0.142. The first-order valence-corrected chi connectivity index (χ1v) is 8.66. The monoisotopic (exact) mass is 377 g/mol. The Hall–Kier alpha value is -1.12. The zero-order valence-corrected chi connectivity index (χ0v) is 13.9. The van der Waals surface area contributed by atoms with Crippen LogP contribution in [0.25, 0.3) is 0 Å². The van der Waals surface area contributed by atoms with Gasteiger partial charge in [0.25, 0.3) is 0 Å². The molecule has 8 heteroatoms. The van der Waals surface area contributed by atoms with Crippen molar-refractivity contribution in [2.75, 3.05) is 20.2 Å². The van der Waals surface area contributed by atoms with Crippen molar-refractivity contribution < 1.29 is 23.1 Å². The predicted octanol–water partition coefficient (Wildman–Crippen LogP) is 1.94. The number of carboxylic acids is 1. The zero-order valence-electron chi connectivity index (χ0n) is 11.5. The van der Waals surface area contributed by atoms with Crippen LogP contribution < -0.4 is 4.74 Å². The highest BCUT2D eigenvalue weighted by Crippen LogP contribution is 2.30. The van der Waals surface area contributed by atoms with Crippen molar-refractivity contribution >= 4 is 31.9 Å². The molecule has 0 spiro atoms. The van der Waals surface area contributed by atoms with Gasteiger partial charge in [-0.1, -0.05) is 0 Å². The van der Waals surface area contributed by atoms with Crippen LogP contribution in [0, 0.1) is 5.92 Å². The quantitative estimate of drug-likeness (QED) is 0.866. The van der Waals surface area contributed by atoms with Gasteiger partial charge in [0, 0.05) is 13.1 Å². The Kier molecular flexibility index (Phi) is 4.90. The molecule has 0 saturated carbocycles. The SMILES string of the molecule is COc1ccc(S(=O)(=O)N2CCC[C@@H](C(=O)O)C2)cc1Br. The van der Waals surface area contributed by atoms with E-state index in [-0.39, 0.29) is 11.4 Å². The number of methoxy groups -OCH3 is 1. The average molecular weight is 378 g/mol. The zero-order chi connectivity index (χ0) is 15.6. The second-order valence-electron chi connectivity index (χ2n) is 4.84. The summed E-state index contributed by atoms with van der Waals surface area (Å²) in [4.78, 5) is 11.2. The number of sulfonamides is 1. The Labute approximate surface area is 131 Å². The van der Waals surface area contributed by atoms with Crippen LogP contribution in [0.5, 0.6) is 5.75 Å². The first-order chi connectivity index (χ1) is 9.86. The summed E-state index contributed by atoms with van der Waals surface area (Å²) in [7, 11) is -2.20. The van der Waals surface area contributed by atoms with Crippen LogP contribution in [-0.4, -0.2) is 44.0 Å². The third kappa shape index (κ3) is 3.38. The molecule has 1 aromatic rings. The van der Waals surface area contributed by atoms with E-state index in [9.17, 15) is 13.2 Å². The largest absolute Gasteiger partial charge is 0.496 e. The second kappa shape index (κ2) is 6.33. The Morgan fingerprint density at radius 3 is 2.76 bits per heavy atom. The number of halogens is 1. The molecule has 116 valence electrons. The van der Waals surface area contributed by atoms with Crippen LogP contribution in [0.15, 0.2) is 27.6 Å². The molecule has 6 nitrogen and oxygen atoms in total. The summed E-state index contributed by atoms with van der Waals surface area (Å²) in [5.41, 5.74) is 0. The molecule has 1 heterocycles. The minimum absolute atomic E-state index is 0.0152. The predicted molar refractivity (Wildman–Crippen MR) is 79.8 cm³/mol. The van der Waals surface area contributed by atoms with Gasteiger partial charge in [0.15, 0.2) is 0 Å². The van der Waals surface area contributed by atoms with Crippen molar-refractivity contribution in [3.63, 3.8) is 0 Å². The molecule has 21 heavy (non-hydrogen) atoms. The van der Waals surface area contributed by atoms with Gasteiger partial charge in [0.1, 0.15) is 5.75 Å². The molecule has 0 aliphatic carbocycles. The van der Waals surface area contributed by atoms with Crippen molar-refractivity contribution in [1.29, 1.82) is 0 Å². The van der Waals surface area contributed by atoms with E-state index in [1.807, 2.05) is 0 Å². The molecule has 2 rings (SSSR count). The number of piperidine rings is 1. The van der Waals surface area contributed by atoms with E-state index in [1.54, 1.807) is 6.07 Å². The molecular weight excluding hydrogens is 362 g/mol. The van der Waals surface area contributed by atoms with Gasteiger partial charge in [0.2, 0.25) is 10.0 Å². The number of benzene rings is 1. The lowest BCUT2D eigenvalue weighted by Crippen LogP contribution is -2.42. The van der Waals surface area contributed by atoms with Crippen LogP contribution in [0.1, 0.15) is 12.8 Å². The van der Waals surface area contributed by atoms with E-state index in [0.29, 0.717) is 29.6 Å². The lowest BCUT2D eigenvalue weighted by Gasteiger charge is -2.29. The first-order valence-electron chi connectivity index (χ1n) is 6.42. The Morgan fingerprint density at radius 1 is 1.48 bits per heavy atom. The van der Waals surface area contributed by atoms with Crippen LogP contribution in [0.2, 0.25) is 0 Å². The van der Waals surface area contributed by atoms with Crippen molar-refractivity contribution in [2.24, 2.45) is 5.92 Å². The minimum atomic E-state index is -3.69. The summed E-state index contributed by atoms with van der Waals surface area (Å²) in [5.74, 6) is -1.06. The van der Waals surface area contributed by atoms with E-state index in [4.69, 9.17) is 9.84 Å². The molecule has 0 radical (unpaired) electrons. The first kappa shape index (κ1) is 16.3. The standard InChI is InChI=1S/C13H16BrNO5S/c1-20-12-5-4-10(7-11(12)14)21(18,19)15-6-2-3-9(8-15)13(16)17/h4-5,7,9H,2-3,6,8H2,1H3,(H,16,17)/t9-/m1/s1. The number of ether oxygens (including phenoxy) is 1. The van der Waals surface area contributed by atoms with Gasteiger partial charge < -0.3 is 9.84 Å². The van der Waals surface area contributed by atoms with Gasteiger partial charge in [0.05, 0.1) is 22.4 Å². The molecule has 0 unspecified atom stereocenters. The van der Waals surface area contributed by atoms with Gasteiger partial charge in [-0.2, -0.15) is 4.31 Å². The third-order valence-electron chi connectivity index (χ3n) is 3.49. The van der Waals surface area contributed by atoms with Gasteiger partial charge in [-0.25, -0.2) is 8.42 Å². The third-order valence-corrected chi connectivity index (χ3v) is 5.98. The van der Waals surface area contributed by atoms with Crippen LogP contribution in [0.4, 0.5) is 0 Å². The van der Waals surface area contributed by atoms with Crippen LogP contribution in [0.3, 0.4) is 0 Å². The fourth-order valence-corrected chi connectivity index (χ4v) is 4.56. The fraction of sp³-hybridized carbons (Fsp3) is 0.462. The highest BCUT2D eigenvalue weighted by Gasteiger charge is 2.33. The molecular formula is C13H16BrNO5S. The maximum Gasteiger partial charge on any atom is 0.307 e. The Morgan fingerprint density at radius 2 is 2.19 bits per heavy atom. The van der Waals surface area contributed by atoms with Gasteiger partial charge >= 0.3 is 5.97 Å². The number of hydrogen-bond acceptors (Lipinski definition) is 4. The van der Waals surface area contributed by atoms with E-state index in [2.05, 4.69) is 15.9 Å². The molecule has 1 aliphatic heterocycles. The molecule has 0 bridgehead atoms. The number of rotatable bonds is 4. The van der Waals surface area contributed by atoms with Crippen LogP contribution in [-0.2, 0) is 14.8 Å². The Bertz CT molecular complexity index is 646. The maximum atomic E-state index is 12.6. The number of aliphatic carboxylic acids is 1. The number of carboxylic acid groups (broad SMARTS) is 1. The average Bonchev–Trinajstić information content (AvgIpc) is 2.47. The summed E-state index contributed by atoms with van der Waals surface area (Å²) in [6.45, 7) is 0.358. The molecule has 0 aromatic heterocycles. The van der Waals surface area contributed by atoms with Crippen LogP contribution >= 0.6 is 15.9 Å². The topological polar surface area (TPSA) is 83.9 Å². The molecule has 1 fully saturated rings. The molecule has 0 amide bonds. The van der Waals surface area contributed by atoms with Crippen molar-refractivity contribution in [3.05, 3.63) is 22.7 Å². The van der Waals surface area contributed by atoms with Gasteiger partial charge in [-0.05, 0) is 47.0 Å². The summed E-state index contributed by atoms with van der Waals surface area (Å²) < 4.78 is 32.0. The summed E-state index contributed by atoms with van der Waals surface area (Å²) in [5, 5.41) is 9.06.